The smallest absolute Gasteiger partial charge is 0.0152 e. The van der Waals surface area contributed by atoms with Crippen molar-refractivity contribution in [1.82, 2.24) is 5.32 Å². The summed E-state index contributed by atoms with van der Waals surface area (Å²) in [4.78, 5) is 0. The lowest BCUT2D eigenvalue weighted by molar-refractivity contribution is 0.520. The summed E-state index contributed by atoms with van der Waals surface area (Å²) in [6.45, 7) is 2.50. The van der Waals surface area contributed by atoms with Gasteiger partial charge in [0.25, 0.3) is 0 Å². The van der Waals surface area contributed by atoms with Crippen LogP contribution in [-0.4, -0.2) is 21.9 Å². The van der Waals surface area contributed by atoms with Crippen molar-refractivity contribution in [2.75, 3.05) is 13.1 Å². The Kier molecular flexibility index (Phi) is 7.16. The summed E-state index contributed by atoms with van der Waals surface area (Å²) >= 11 is -2.36. The fourth-order valence-electron chi connectivity index (χ4n) is 0.802. The molecule has 1 saturated heterocycles. The molecular weight excluding hydrogens is 152 g/mol. The highest BCUT2D eigenvalue weighted by atomic mass is 32.2. The lowest BCUT2D eigenvalue weighted by Gasteiger charge is -2.08. The molecule has 1 aliphatic heterocycles. The quantitative estimate of drug-likeness (QED) is 0.475. The number of rotatable bonds is 0. The maximum absolute atomic E-state index is 8.78. The molecule has 0 radical (unpaired) electrons. The van der Waals surface area contributed by atoms with Crippen LogP contribution in [0.5, 0.6) is 0 Å². The summed E-state index contributed by atoms with van der Waals surface area (Å²) in [5.41, 5.74) is 0. The Bertz CT molecular complexity index is 80.1. The third-order valence-corrected chi connectivity index (χ3v) is 1.21. The summed E-state index contributed by atoms with van der Waals surface area (Å²) < 4.78 is 17.6. The normalized spacial score (nSPS) is 20.6. The first-order chi connectivity index (χ1) is 4.73. The van der Waals surface area contributed by atoms with Crippen molar-refractivity contribution < 1.29 is 8.76 Å². The Balaban J connectivity index is 0.000000180. The predicted molar refractivity (Wildman–Crippen MR) is 39.8 cm³/mol. The molecule has 0 bridgehead atoms. The van der Waals surface area contributed by atoms with Crippen LogP contribution >= 0.6 is 0 Å². The minimum Gasteiger partial charge on any atom is -0.760 e. The molecule has 0 aliphatic carbocycles. The first-order valence-corrected chi connectivity index (χ1v) is 4.41. The van der Waals surface area contributed by atoms with E-state index in [1.807, 2.05) is 0 Å². The lowest BCUT2D eigenvalue weighted by Crippen LogP contribution is -2.21. The van der Waals surface area contributed by atoms with E-state index in [1.165, 1.54) is 32.4 Å². The van der Waals surface area contributed by atoms with Gasteiger partial charge in [-0.25, -0.2) is 0 Å². The predicted octanol–water partition coefficient (Wildman–Crippen LogP) is -0.501. The van der Waals surface area contributed by atoms with Crippen molar-refractivity contribution in [2.24, 2.45) is 5.14 Å². The van der Waals surface area contributed by atoms with Crippen molar-refractivity contribution in [1.29, 1.82) is 0 Å². The van der Waals surface area contributed by atoms with Crippen LogP contribution in [0.3, 0.4) is 0 Å². The average Bonchev–Trinajstić information content (AvgIpc) is 1.90. The zero-order chi connectivity index (χ0) is 7.82. The molecule has 62 valence electrons. The maximum Gasteiger partial charge on any atom is 0.0152 e. The van der Waals surface area contributed by atoms with Gasteiger partial charge in [0, 0.05) is 11.3 Å². The van der Waals surface area contributed by atoms with Crippen LogP contribution in [0.15, 0.2) is 0 Å². The van der Waals surface area contributed by atoms with Gasteiger partial charge in [0.05, 0.1) is 0 Å². The summed E-state index contributed by atoms with van der Waals surface area (Å²) in [5.74, 6) is 0. The molecule has 5 heteroatoms. The van der Waals surface area contributed by atoms with Gasteiger partial charge in [0.1, 0.15) is 0 Å². The van der Waals surface area contributed by atoms with E-state index in [1.54, 1.807) is 0 Å². The van der Waals surface area contributed by atoms with Gasteiger partial charge in [-0.2, -0.15) is 0 Å². The summed E-state index contributed by atoms with van der Waals surface area (Å²) in [6, 6.07) is 0. The summed E-state index contributed by atoms with van der Waals surface area (Å²) in [6.07, 6.45) is 4.22. The highest BCUT2D eigenvalue weighted by Gasteiger charge is 1.93. The number of hydrogen-bond acceptors (Lipinski definition) is 3. The number of nitrogens with one attached hydrogen (secondary N) is 1. The van der Waals surface area contributed by atoms with E-state index >= 15 is 0 Å². The van der Waals surface area contributed by atoms with E-state index in [2.05, 4.69) is 10.5 Å². The number of piperidine rings is 1. The maximum atomic E-state index is 8.78. The second kappa shape index (κ2) is 7.14. The Morgan fingerprint density at radius 3 is 1.80 bits per heavy atom. The van der Waals surface area contributed by atoms with E-state index in [4.69, 9.17) is 8.76 Å². The summed E-state index contributed by atoms with van der Waals surface area (Å²) in [5, 5.41) is 7.31. The van der Waals surface area contributed by atoms with Gasteiger partial charge in [-0.05, 0) is 25.9 Å². The Morgan fingerprint density at radius 2 is 1.70 bits per heavy atom. The molecule has 4 nitrogen and oxygen atoms in total. The standard InChI is InChI=1S/C5H11N.H3NO2S/c1-2-4-6-5-3-1;1-4(2)3/h6H,1-5H2;1H2,(H,2,3)/p-1. The van der Waals surface area contributed by atoms with E-state index in [0.717, 1.165) is 0 Å². The van der Waals surface area contributed by atoms with E-state index < -0.39 is 11.3 Å². The minimum absolute atomic E-state index is 1.25. The van der Waals surface area contributed by atoms with Crippen molar-refractivity contribution in [3.63, 3.8) is 0 Å². The first kappa shape index (κ1) is 10.0. The van der Waals surface area contributed by atoms with Crippen LogP contribution < -0.4 is 10.5 Å². The van der Waals surface area contributed by atoms with Crippen molar-refractivity contribution >= 4 is 11.3 Å². The molecule has 1 rings (SSSR count). The first-order valence-electron chi connectivity index (χ1n) is 3.28. The molecule has 0 aromatic rings. The zero-order valence-corrected chi connectivity index (χ0v) is 6.65. The fourth-order valence-corrected chi connectivity index (χ4v) is 0.802. The third-order valence-electron chi connectivity index (χ3n) is 1.21. The molecular formula is C5H13N2O2S-. The van der Waals surface area contributed by atoms with Gasteiger partial charge in [-0.1, -0.05) is 6.42 Å². The molecule has 10 heavy (non-hydrogen) atoms. The molecule has 1 fully saturated rings. The van der Waals surface area contributed by atoms with Crippen LogP contribution in [0.4, 0.5) is 0 Å². The second-order valence-corrected chi connectivity index (χ2v) is 2.59. The van der Waals surface area contributed by atoms with Gasteiger partial charge in [-0.15, -0.1) is 0 Å². The zero-order valence-electron chi connectivity index (χ0n) is 5.84. The molecule has 0 aromatic heterocycles. The SMILES string of the molecule is C1CCNCC1.NS(=O)[O-]. The second-order valence-electron chi connectivity index (χ2n) is 2.07. The molecule has 1 unspecified atom stereocenters. The molecule has 0 aromatic carbocycles. The molecule has 0 saturated carbocycles. The van der Waals surface area contributed by atoms with Gasteiger partial charge >= 0.3 is 0 Å². The van der Waals surface area contributed by atoms with E-state index in [0.29, 0.717) is 0 Å². The Labute approximate surface area is 63.6 Å². The third kappa shape index (κ3) is 10.9. The van der Waals surface area contributed by atoms with Crippen LogP contribution in [0.2, 0.25) is 0 Å². The molecule has 1 atom stereocenters. The highest BCUT2D eigenvalue weighted by Crippen LogP contribution is 1.96. The van der Waals surface area contributed by atoms with Gasteiger partial charge in [0.2, 0.25) is 0 Å². The van der Waals surface area contributed by atoms with Crippen molar-refractivity contribution in [2.45, 2.75) is 19.3 Å². The Morgan fingerprint density at radius 1 is 1.30 bits per heavy atom. The highest BCUT2D eigenvalue weighted by molar-refractivity contribution is 7.76. The average molecular weight is 165 g/mol. The van der Waals surface area contributed by atoms with Crippen LogP contribution in [0.1, 0.15) is 19.3 Å². The largest absolute Gasteiger partial charge is 0.760 e. The van der Waals surface area contributed by atoms with Gasteiger partial charge in [-0.3, -0.25) is 9.35 Å². The van der Waals surface area contributed by atoms with Crippen molar-refractivity contribution in [3.05, 3.63) is 0 Å². The molecule has 1 aliphatic rings. The van der Waals surface area contributed by atoms with Crippen LogP contribution in [-0.2, 0) is 11.3 Å². The van der Waals surface area contributed by atoms with Crippen molar-refractivity contribution in [3.8, 4) is 0 Å². The molecule has 1 heterocycles. The Hall–Kier alpha value is 0.0300. The minimum atomic E-state index is -2.36. The van der Waals surface area contributed by atoms with E-state index in [-0.39, 0.29) is 0 Å². The lowest BCUT2D eigenvalue weighted by atomic mass is 10.2. The number of hydrogen-bond donors (Lipinski definition) is 2. The number of nitrogens with two attached hydrogens (primary N) is 1. The monoisotopic (exact) mass is 165 g/mol. The summed E-state index contributed by atoms with van der Waals surface area (Å²) in [7, 11) is 0. The van der Waals surface area contributed by atoms with Gasteiger partial charge < -0.3 is 9.87 Å². The van der Waals surface area contributed by atoms with Crippen LogP contribution in [0, 0.1) is 0 Å². The van der Waals surface area contributed by atoms with Crippen LogP contribution in [0.25, 0.3) is 0 Å². The molecule has 0 amide bonds. The molecule has 0 spiro atoms. The fraction of sp³-hybridized carbons (Fsp3) is 1.00. The molecule has 3 N–H and O–H groups in total. The topological polar surface area (TPSA) is 78.2 Å². The van der Waals surface area contributed by atoms with Gasteiger partial charge in [0.15, 0.2) is 0 Å². The van der Waals surface area contributed by atoms with E-state index in [9.17, 15) is 0 Å².